The Morgan fingerprint density at radius 1 is 1.26 bits per heavy atom. The summed E-state index contributed by atoms with van der Waals surface area (Å²) < 4.78 is 0. The largest absolute Gasteiger partial charge is 0.481 e. The molecule has 1 heterocycles. The van der Waals surface area contributed by atoms with E-state index in [1.807, 2.05) is 0 Å². The molecule has 0 spiro atoms. The van der Waals surface area contributed by atoms with Crippen LogP contribution in [-0.4, -0.2) is 35.0 Å². The van der Waals surface area contributed by atoms with E-state index in [1.54, 1.807) is 36.1 Å². The van der Waals surface area contributed by atoms with Crippen molar-refractivity contribution in [3.05, 3.63) is 29.8 Å². The number of nitrogens with two attached hydrogens (primary N) is 1. The molecule has 1 saturated heterocycles. The number of nitrogen functional groups attached to an aromatic ring is 1. The van der Waals surface area contributed by atoms with Gasteiger partial charge in [0, 0.05) is 18.8 Å². The number of piperidine rings is 1. The standard InChI is InChI=1S/C14H18N2O3/c1-14(13(18)19)6-8-16(9-7-14)12(17)10-4-2-3-5-11(10)15/h2-5H,6-9,15H2,1H3,(H,18,19). The third-order valence-corrected chi connectivity index (χ3v) is 3.86. The predicted octanol–water partition coefficient (Wildman–Crippen LogP) is 1.60. The first kappa shape index (κ1) is 13.4. The van der Waals surface area contributed by atoms with Crippen LogP contribution in [0, 0.1) is 5.41 Å². The molecule has 102 valence electrons. The molecule has 0 aliphatic carbocycles. The Morgan fingerprint density at radius 3 is 2.37 bits per heavy atom. The second-order valence-electron chi connectivity index (χ2n) is 5.25. The Kier molecular flexibility index (Phi) is 3.46. The second kappa shape index (κ2) is 4.91. The topological polar surface area (TPSA) is 83.6 Å². The fourth-order valence-corrected chi connectivity index (χ4v) is 2.28. The maximum absolute atomic E-state index is 12.3. The van der Waals surface area contributed by atoms with Gasteiger partial charge in [0.05, 0.1) is 11.0 Å². The molecule has 5 nitrogen and oxygen atoms in total. The summed E-state index contributed by atoms with van der Waals surface area (Å²) >= 11 is 0. The molecular weight excluding hydrogens is 244 g/mol. The first-order valence-electron chi connectivity index (χ1n) is 6.31. The van der Waals surface area contributed by atoms with Gasteiger partial charge in [-0.25, -0.2) is 0 Å². The van der Waals surface area contributed by atoms with Crippen molar-refractivity contribution in [2.24, 2.45) is 5.41 Å². The number of carbonyl (C=O) groups excluding carboxylic acids is 1. The van der Waals surface area contributed by atoms with Crippen LogP contribution in [0.1, 0.15) is 30.1 Å². The number of likely N-dealkylation sites (tertiary alicyclic amines) is 1. The van der Waals surface area contributed by atoms with Crippen LogP contribution in [0.2, 0.25) is 0 Å². The van der Waals surface area contributed by atoms with Crippen molar-refractivity contribution in [3.8, 4) is 0 Å². The van der Waals surface area contributed by atoms with Crippen LogP contribution in [0.4, 0.5) is 5.69 Å². The molecule has 3 N–H and O–H groups in total. The molecule has 1 aliphatic heterocycles. The lowest BCUT2D eigenvalue weighted by Crippen LogP contribution is -2.45. The van der Waals surface area contributed by atoms with Gasteiger partial charge >= 0.3 is 5.97 Å². The van der Waals surface area contributed by atoms with E-state index in [1.165, 1.54) is 0 Å². The van der Waals surface area contributed by atoms with Crippen LogP contribution in [0.5, 0.6) is 0 Å². The summed E-state index contributed by atoms with van der Waals surface area (Å²) in [5, 5.41) is 9.16. The maximum atomic E-state index is 12.3. The van der Waals surface area contributed by atoms with Crippen molar-refractivity contribution in [1.82, 2.24) is 4.90 Å². The first-order chi connectivity index (χ1) is 8.94. The molecule has 0 saturated carbocycles. The molecule has 1 amide bonds. The molecule has 1 aromatic rings. The van der Waals surface area contributed by atoms with Crippen LogP contribution < -0.4 is 5.73 Å². The van der Waals surface area contributed by atoms with E-state index in [0.717, 1.165) is 0 Å². The summed E-state index contributed by atoms with van der Waals surface area (Å²) in [5.74, 6) is -0.913. The average molecular weight is 262 g/mol. The lowest BCUT2D eigenvalue weighted by molar-refractivity contribution is -0.150. The zero-order valence-electron chi connectivity index (χ0n) is 10.9. The molecule has 2 rings (SSSR count). The number of aliphatic carboxylic acids is 1. The number of hydrogen-bond acceptors (Lipinski definition) is 3. The molecular formula is C14H18N2O3. The van der Waals surface area contributed by atoms with Gasteiger partial charge in [-0.2, -0.15) is 0 Å². The van der Waals surface area contributed by atoms with E-state index in [4.69, 9.17) is 10.8 Å². The molecule has 1 aromatic carbocycles. The number of anilines is 1. The van der Waals surface area contributed by atoms with Crippen LogP contribution in [0.15, 0.2) is 24.3 Å². The van der Waals surface area contributed by atoms with Gasteiger partial charge in [0.15, 0.2) is 0 Å². The third kappa shape index (κ3) is 2.54. The molecule has 1 fully saturated rings. The molecule has 0 bridgehead atoms. The van der Waals surface area contributed by atoms with E-state index >= 15 is 0 Å². The Hall–Kier alpha value is -2.04. The first-order valence-corrected chi connectivity index (χ1v) is 6.31. The lowest BCUT2D eigenvalue weighted by atomic mass is 9.80. The van der Waals surface area contributed by atoms with Crippen LogP contribution in [-0.2, 0) is 4.79 Å². The normalized spacial score (nSPS) is 18.1. The van der Waals surface area contributed by atoms with E-state index in [-0.39, 0.29) is 5.91 Å². The van der Waals surface area contributed by atoms with Crippen molar-refractivity contribution in [3.63, 3.8) is 0 Å². The van der Waals surface area contributed by atoms with Crippen LogP contribution in [0.3, 0.4) is 0 Å². The number of para-hydroxylation sites is 1. The van der Waals surface area contributed by atoms with Crippen molar-refractivity contribution in [2.45, 2.75) is 19.8 Å². The number of benzene rings is 1. The number of carboxylic acids is 1. The second-order valence-corrected chi connectivity index (χ2v) is 5.25. The third-order valence-electron chi connectivity index (χ3n) is 3.86. The van der Waals surface area contributed by atoms with Crippen LogP contribution in [0.25, 0.3) is 0 Å². The Bertz CT molecular complexity index is 505. The summed E-state index contributed by atoms with van der Waals surface area (Å²) in [6, 6.07) is 6.94. The van der Waals surface area contributed by atoms with E-state index in [2.05, 4.69) is 0 Å². The Labute approximate surface area is 112 Å². The molecule has 0 aromatic heterocycles. The highest BCUT2D eigenvalue weighted by Gasteiger charge is 2.38. The summed E-state index contributed by atoms with van der Waals surface area (Å²) in [6.45, 7) is 2.64. The minimum absolute atomic E-state index is 0.120. The summed E-state index contributed by atoms with van der Waals surface area (Å²) in [4.78, 5) is 25.1. The quantitative estimate of drug-likeness (QED) is 0.793. The van der Waals surface area contributed by atoms with Gasteiger partial charge in [-0.15, -0.1) is 0 Å². The van der Waals surface area contributed by atoms with E-state index in [9.17, 15) is 9.59 Å². The molecule has 1 aliphatic rings. The number of hydrogen-bond donors (Lipinski definition) is 2. The number of nitrogens with zero attached hydrogens (tertiary/aromatic N) is 1. The fourth-order valence-electron chi connectivity index (χ4n) is 2.28. The minimum Gasteiger partial charge on any atom is -0.481 e. The van der Waals surface area contributed by atoms with Crippen molar-refractivity contribution < 1.29 is 14.7 Å². The maximum Gasteiger partial charge on any atom is 0.309 e. The highest BCUT2D eigenvalue weighted by Crippen LogP contribution is 2.31. The molecule has 0 radical (unpaired) electrons. The fraction of sp³-hybridized carbons (Fsp3) is 0.429. The Balaban J connectivity index is 2.08. The van der Waals surface area contributed by atoms with Crippen molar-refractivity contribution in [1.29, 1.82) is 0 Å². The predicted molar refractivity (Wildman–Crippen MR) is 71.7 cm³/mol. The number of amides is 1. The Morgan fingerprint density at radius 2 is 1.84 bits per heavy atom. The summed E-state index contributed by atoms with van der Waals surface area (Å²) in [5.41, 5.74) is 6.01. The van der Waals surface area contributed by atoms with E-state index < -0.39 is 11.4 Å². The van der Waals surface area contributed by atoms with Crippen molar-refractivity contribution >= 4 is 17.6 Å². The number of rotatable bonds is 2. The molecule has 5 heteroatoms. The average Bonchev–Trinajstić information content (AvgIpc) is 2.39. The highest BCUT2D eigenvalue weighted by molar-refractivity contribution is 5.99. The van der Waals surface area contributed by atoms with E-state index in [0.29, 0.717) is 37.2 Å². The van der Waals surface area contributed by atoms with Crippen molar-refractivity contribution in [2.75, 3.05) is 18.8 Å². The van der Waals surface area contributed by atoms with Gasteiger partial charge in [0.25, 0.3) is 5.91 Å². The van der Waals surface area contributed by atoms with Gasteiger partial charge < -0.3 is 15.7 Å². The zero-order valence-corrected chi connectivity index (χ0v) is 10.9. The SMILES string of the molecule is CC1(C(=O)O)CCN(C(=O)c2ccccc2N)CC1. The van der Waals surface area contributed by atoms with Gasteiger partial charge in [0.2, 0.25) is 0 Å². The van der Waals surface area contributed by atoms with Gasteiger partial charge in [-0.1, -0.05) is 12.1 Å². The summed E-state index contributed by atoms with van der Waals surface area (Å²) in [7, 11) is 0. The summed E-state index contributed by atoms with van der Waals surface area (Å²) in [6.07, 6.45) is 0.946. The minimum atomic E-state index is -0.793. The number of carboxylic acid groups (broad SMARTS) is 1. The van der Waals surface area contributed by atoms with Gasteiger partial charge in [0.1, 0.15) is 0 Å². The van der Waals surface area contributed by atoms with Crippen LogP contribution >= 0.6 is 0 Å². The smallest absolute Gasteiger partial charge is 0.309 e. The molecule has 0 atom stereocenters. The molecule has 19 heavy (non-hydrogen) atoms. The highest BCUT2D eigenvalue weighted by atomic mass is 16.4. The zero-order chi connectivity index (χ0) is 14.0. The number of carbonyl (C=O) groups is 2. The van der Waals surface area contributed by atoms with Gasteiger partial charge in [-0.3, -0.25) is 9.59 Å². The lowest BCUT2D eigenvalue weighted by Gasteiger charge is -2.36. The monoisotopic (exact) mass is 262 g/mol. The molecule has 0 unspecified atom stereocenters. The van der Waals surface area contributed by atoms with Gasteiger partial charge in [-0.05, 0) is 31.9 Å².